The van der Waals surface area contributed by atoms with Crippen LogP contribution in [-0.4, -0.2) is 35.8 Å². The SMILES string of the molecule is CC(C)N(CC#N)C(=O)CNC(=O)C(C)(C)C. The van der Waals surface area contributed by atoms with E-state index >= 15 is 0 Å². The van der Waals surface area contributed by atoms with E-state index in [1.807, 2.05) is 19.9 Å². The van der Waals surface area contributed by atoms with Crippen LogP contribution in [0.1, 0.15) is 34.6 Å². The molecule has 0 aromatic heterocycles. The number of rotatable bonds is 4. The van der Waals surface area contributed by atoms with Gasteiger partial charge in [-0.2, -0.15) is 5.26 Å². The Bertz CT molecular complexity index is 324. The van der Waals surface area contributed by atoms with E-state index in [1.165, 1.54) is 4.90 Å². The molecule has 2 amide bonds. The third kappa shape index (κ3) is 5.34. The number of nitrogens with one attached hydrogen (secondary N) is 1. The van der Waals surface area contributed by atoms with E-state index in [9.17, 15) is 9.59 Å². The van der Waals surface area contributed by atoms with Crippen molar-refractivity contribution >= 4 is 11.8 Å². The van der Waals surface area contributed by atoms with E-state index in [4.69, 9.17) is 5.26 Å². The smallest absolute Gasteiger partial charge is 0.243 e. The van der Waals surface area contributed by atoms with Crippen LogP contribution in [0.4, 0.5) is 0 Å². The second kappa shape index (κ2) is 6.24. The quantitative estimate of drug-likeness (QED) is 0.741. The van der Waals surface area contributed by atoms with Gasteiger partial charge in [0.25, 0.3) is 0 Å². The largest absolute Gasteiger partial charge is 0.347 e. The molecular weight excluding hydrogens is 218 g/mol. The zero-order chi connectivity index (χ0) is 13.6. The number of amides is 2. The van der Waals surface area contributed by atoms with Crippen molar-refractivity contribution in [3.05, 3.63) is 0 Å². The van der Waals surface area contributed by atoms with Crippen LogP contribution in [0.25, 0.3) is 0 Å². The molecule has 0 saturated heterocycles. The van der Waals surface area contributed by atoms with Crippen molar-refractivity contribution in [1.29, 1.82) is 5.26 Å². The molecule has 0 heterocycles. The Labute approximate surface area is 103 Å². The first-order valence-electron chi connectivity index (χ1n) is 5.65. The Balaban J connectivity index is 4.35. The normalized spacial score (nSPS) is 10.9. The van der Waals surface area contributed by atoms with Gasteiger partial charge in [-0.05, 0) is 13.8 Å². The van der Waals surface area contributed by atoms with Gasteiger partial charge in [0.05, 0.1) is 12.6 Å². The highest BCUT2D eigenvalue weighted by Crippen LogP contribution is 2.12. The van der Waals surface area contributed by atoms with Crippen LogP contribution < -0.4 is 5.32 Å². The van der Waals surface area contributed by atoms with E-state index in [1.54, 1.807) is 20.8 Å². The van der Waals surface area contributed by atoms with Crippen molar-refractivity contribution in [2.24, 2.45) is 5.41 Å². The maximum atomic E-state index is 11.8. The number of carbonyl (C=O) groups is 2. The average molecular weight is 239 g/mol. The molecule has 0 rings (SSSR count). The summed E-state index contributed by atoms with van der Waals surface area (Å²) in [6.45, 7) is 8.99. The fourth-order valence-corrected chi connectivity index (χ4v) is 1.16. The molecule has 0 radical (unpaired) electrons. The molecule has 0 bridgehead atoms. The van der Waals surface area contributed by atoms with Crippen LogP contribution in [0.3, 0.4) is 0 Å². The summed E-state index contributed by atoms with van der Waals surface area (Å²) in [6, 6.07) is 1.89. The Morgan fingerprint density at radius 1 is 1.35 bits per heavy atom. The van der Waals surface area contributed by atoms with Crippen LogP contribution in [0.5, 0.6) is 0 Å². The summed E-state index contributed by atoms with van der Waals surface area (Å²) >= 11 is 0. The number of nitriles is 1. The summed E-state index contributed by atoms with van der Waals surface area (Å²) in [7, 11) is 0. The average Bonchev–Trinajstić information content (AvgIpc) is 2.20. The van der Waals surface area contributed by atoms with Crippen molar-refractivity contribution in [1.82, 2.24) is 10.2 Å². The second-order valence-electron chi connectivity index (χ2n) is 5.21. The first-order valence-corrected chi connectivity index (χ1v) is 5.65. The van der Waals surface area contributed by atoms with Crippen LogP contribution in [-0.2, 0) is 9.59 Å². The molecule has 1 N–H and O–H groups in total. The minimum atomic E-state index is -0.516. The highest BCUT2D eigenvalue weighted by molar-refractivity contribution is 5.87. The minimum absolute atomic E-state index is 0.0435. The first kappa shape index (κ1) is 15.4. The molecule has 0 aliphatic rings. The lowest BCUT2D eigenvalue weighted by Crippen LogP contribution is -2.46. The van der Waals surface area contributed by atoms with Crippen LogP contribution in [0.15, 0.2) is 0 Å². The van der Waals surface area contributed by atoms with E-state index in [0.717, 1.165) is 0 Å². The van der Waals surface area contributed by atoms with E-state index in [0.29, 0.717) is 0 Å². The van der Waals surface area contributed by atoms with Gasteiger partial charge >= 0.3 is 0 Å². The van der Waals surface area contributed by atoms with Gasteiger partial charge in [-0.3, -0.25) is 9.59 Å². The van der Waals surface area contributed by atoms with E-state index in [2.05, 4.69) is 5.32 Å². The Kier molecular flexibility index (Phi) is 5.66. The fourth-order valence-electron chi connectivity index (χ4n) is 1.16. The van der Waals surface area contributed by atoms with E-state index < -0.39 is 5.41 Å². The molecule has 96 valence electrons. The second-order valence-corrected chi connectivity index (χ2v) is 5.21. The van der Waals surface area contributed by atoms with Crippen LogP contribution in [0.2, 0.25) is 0 Å². The third-order valence-electron chi connectivity index (χ3n) is 2.27. The first-order chi connectivity index (χ1) is 7.70. The van der Waals surface area contributed by atoms with Gasteiger partial charge in [0.15, 0.2) is 0 Å². The molecule has 0 aliphatic carbocycles. The predicted octanol–water partition coefficient (Wildman–Crippen LogP) is 0.909. The van der Waals surface area contributed by atoms with Gasteiger partial charge in [0.2, 0.25) is 11.8 Å². The third-order valence-corrected chi connectivity index (χ3v) is 2.27. The molecule has 0 aliphatic heterocycles. The molecule has 5 heteroatoms. The summed E-state index contributed by atoms with van der Waals surface area (Å²) < 4.78 is 0. The Morgan fingerprint density at radius 3 is 2.24 bits per heavy atom. The molecule has 0 saturated carbocycles. The van der Waals surface area contributed by atoms with Gasteiger partial charge in [0, 0.05) is 11.5 Å². The van der Waals surface area contributed by atoms with E-state index in [-0.39, 0.29) is 30.9 Å². The minimum Gasteiger partial charge on any atom is -0.347 e. The predicted molar refractivity (Wildman–Crippen MR) is 64.9 cm³/mol. The summed E-state index contributed by atoms with van der Waals surface area (Å²) in [5, 5.41) is 11.2. The molecule has 17 heavy (non-hydrogen) atoms. The van der Waals surface area contributed by atoms with Crippen molar-refractivity contribution in [2.75, 3.05) is 13.1 Å². The van der Waals surface area contributed by atoms with Gasteiger partial charge in [0.1, 0.15) is 6.54 Å². The molecule has 0 fully saturated rings. The summed E-state index contributed by atoms with van der Waals surface area (Å²) in [6.07, 6.45) is 0. The molecule has 5 nitrogen and oxygen atoms in total. The number of hydrogen-bond acceptors (Lipinski definition) is 3. The Morgan fingerprint density at radius 2 is 1.88 bits per heavy atom. The number of carbonyl (C=O) groups excluding carboxylic acids is 2. The molecule has 0 aromatic rings. The van der Waals surface area contributed by atoms with Gasteiger partial charge in [-0.25, -0.2) is 0 Å². The summed E-state index contributed by atoms with van der Waals surface area (Å²) in [4.78, 5) is 24.8. The number of hydrogen-bond donors (Lipinski definition) is 1. The number of nitrogens with zero attached hydrogens (tertiary/aromatic N) is 2. The molecular formula is C12H21N3O2. The van der Waals surface area contributed by atoms with Gasteiger partial charge in [-0.15, -0.1) is 0 Å². The fraction of sp³-hybridized carbons (Fsp3) is 0.750. The maximum Gasteiger partial charge on any atom is 0.243 e. The zero-order valence-corrected chi connectivity index (χ0v) is 11.2. The lowest BCUT2D eigenvalue weighted by molar-refractivity contribution is -0.135. The van der Waals surface area contributed by atoms with Crippen molar-refractivity contribution in [3.63, 3.8) is 0 Å². The Hall–Kier alpha value is -1.57. The van der Waals surface area contributed by atoms with Crippen molar-refractivity contribution < 1.29 is 9.59 Å². The topological polar surface area (TPSA) is 73.2 Å². The monoisotopic (exact) mass is 239 g/mol. The lowest BCUT2D eigenvalue weighted by Gasteiger charge is -2.25. The summed E-state index contributed by atoms with van der Waals surface area (Å²) in [5.74, 6) is -0.411. The zero-order valence-electron chi connectivity index (χ0n) is 11.2. The van der Waals surface area contributed by atoms with Crippen LogP contribution in [0, 0.1) is 16.7 Å². The molecule has 0 spiro atoms. The summed E-state index contributed by atoms with van der Waals surface area (Å²) in [5.41, 5.74) is -0.516. The van der Waals surface area contributed by atoms with Crippen molar-refractivity contribution in [2.45, 2.75) is 40.7 Å². The molecule has 0 unspecified atom stereocenters. The lowest BCUT2D eigenvalue weighted by atomic mass is 9.96. The highest BCUT2D eigenvalue weighted by atomic mass is 16.2. The van der Waals surface area contributed by atoms with Gasteiger partial charge in [-0.1, -0.05) is 20.8 Å². The highest BCUT2D eigenvalue weighted by Gasteiger charge is 2.23. The van der Waals surface area contributed by atoms with Crippen LogP contribution >= 0.6 is 0 Å². The molecule has 0 atom stereocenters. The van der Waals surface area contributed by atoms with Gasteiger partial charge < -0.3 is 10.2 Å². The maximum absolute atomic E-state index is 11.8. The molecule has 0 aromatic carbocycles. The standard InChI is InChI=1S/C12H21N3O2/c1-9(2)15(7-6-13)10(16)8-14-11(17)12(3,4)5/h9H,7-8H2,1-5H3,(H,14,17). The van der Waals surface area contributed by atoms with Crippen molar-refractivity contribution in [3.8, 4) is 6.07 Å².